The van der Waals surface area contributed by atoms with Crippen LogP contribution in [0.1, 0.15) is 36.2 Å². The Hall–Kier alpha value is -2.67. The number of carbonyl (C=O) groups is 1. The van der Waals surface area contributed by atoms with E-state index in [1.807, 2.05) is 4.90 Å². The minimum atomic E-state index is 0.00256. The highest BCUT2D eigenvalue weighted by Gasteiger charge is 2.19. The lowest BCUT2D eigenvalue weighted by Crippen LogP contribution is -2.44. The molecule has 1 N–H and O–H groups in total. The zero-order chi connectivity index (χ0) is 20.1. The first-order valence-corrected chi connectivity index (χ1v) is 10.6. The number of piperazine rings is 1. The van der Waals surface area contributed by atoms with Gasteiger partial charge in [-0.3, -0.25) is 4.79 Å². The molecule has 3 heterocycles. The smallest absolute Gasteiger partial charge is 0.272 e. The van der Waals surface area contributed by atoms with Crippen LogP contribution in [-0.2, 0) is 0 Å². The van der Waals surface area contributed by atoms with Gasteiger partial charge in [0.05, 0.1) is 0 Å². The Morgan fingerprint density at radius 2 is 1.59 bits per heavy atom. The number of aromatic nitrogens is 2. The van der Waals surface area contributed by atoms with Crippen molar-refractivity contribution in [2.75, 3.05) is 56.5 Å². The summed E-state index contributed by atoms with van der Waals surface area (Å²) in [6.07, 6.45) is 6.00. The van der Waals surface area contributed by atoms with Gasteiger partial charge in [-0.2, -0.15) is 0 Å². The number of rotatable bonds is 4. The summed E-state index contributed by atoms with van der Waals surface area (Å²) in [7, 11) is 2.16. The summed E-state index contributed by atoms with van der Waals surface area (Å²) < 4.78 is 0. The number of nitrogens with zero attached hydrogens (tertiary/aromatic N) is 5. The molecule has 2 aliphatic heterocycles. The van der Waals surface area contributed by atoms with E-state index in [1.165, 1.54) is 24.9 Å². The Labute approximate surface area is 172 Å². The van der Waals surface area contributed by atoms with Gasteiger partial charge in [-0.15, -0.1) is 0 Å². The zero-order valence-corrected chi connectivity index (χ0v) is 17.2. The van der Waals surface area contributed by atoms with E-state index in [0.717, 1.165) is 57.8 Å². The first-order valence-electron chi connectivity index (χ1n) is 10.6. The third-order valence-corrected chi connectivity index (χ3v) is 5.79. The number of benzene rings is 1. The van der Waals surface area contributed by atoms with Gasteiger partial charge < -0.3 is 20.0 Å². The summed E-state index contributed by atoms with van der Waals surface area (Å²) >= 11 is 0. The maximum Gasteiger partial charge on any atom is 0.272 e. The van der Waals surface area contributed by atoms with Crippen LogP contribution < -0.4 is 10.2 Å². The maximum atomic E-state index is 12.8. The molecule has 1 amide bonds. The van der Waals surface area contributed by atoms with Crippen LogP contribution in [0.15, 0.2) is 36.7 Å². The summed E-state index contributed by atoms with van der Waals surface area (Å²) in [5.74, 6) is 0.647. The molecule has 0 saturated carbocycles. The minimum absolute atomic E-state index is 0.00256. The molecule has 0 unspecified atom stereocenters. The van der Waals surface area contributed by atoms with Crippen LogP contribution in [-0.4, -0.2) is 72.0 Å². The van der Waals surface area contributed by atoms with Gasteiger partial charge in [0.2, 0.25) is 0 Å². The van der Waals surface area contributed by atoms with Crippen molar-refractivity contribution in [1.82, 2.24) is 19.8 Å². The highest BCUT2D eigenvalue weighted by Crippen LogP contribution is 2.22. The maximum absolute atomic E-state index is 12.8. The predicted molar refractivity (Wildman–Crippen MR) is 116 cm³/mol. The Morgan fingerprint density at radius 3 is 2.28 bits per heavy atom. The average Bonchev–Trinajstić information content (AvgIpc) is 3.04. The van der Waals surface area contributed by atoms with Gasteiger partial charge in [-0.25, -0.2) is 9.97 Å². The third kappa shape index (κ3) is 5.03. The molecule has 2 aliphatic rings. The quantitative estimate of drug-likeness (QED) is 0.860. The fourth-order valence-corrected chi connectivity index (χ4v) is 3.95. The Kier molecular flexibility index (Phi) is 6.24. The number of anilines is 3. The summed E-state index contributed by atoms with van der Waals surface area (Å²) in [4.78, 5) is 28.0. The molecule has 2 aromatic rings. The predicted octanol–water partition coefficient (Wildman–Crippen LogP) is 2.99. The number of likely N-dealkylation sites (tertiary alicyclic amines) is 1. The highest BCUT2D eigenvalue weighted by molar-refractivity contribution is 5.93. The third-order valence-electron chi connectivity index (χ3n) is 5.79. The number of hydrogen-bond acceptors (Lipinski definition) is 6. The molecule has 0 spiro atoms. The molecule has 4 rings (SSSR count). The van der Waals surface area contributed by atoms with Crippen molar-refractivity contribution in [2.45, 2.75) is 25.7 Å². The Bertz CT molecular complexity index is 808. The highest BCUT2D eigenvalue weighted by atomic mass is 16.2. The molecule has 7 heteroatoms. The van der Waals surface area contributed by atoms with E-state index in [9.17, 15) is 4.79 Å². The van der Waals surface area contributed by atoms with Crippen molar-refractivity contribution in [1.29, 1.82) is 0 Å². The minimum Gasteiger partial charge on any atom is -0.369 e. The fraction of sp³-hybridized carbons (Fsp3) is 0.500. The first-order chi connectivity index (χ1) is 14.2. The van der Waals surface area contributed by atoms with Crippen molar-refractivity contribution >= 4 is 23.1 Å². The fourth-order valence-electron chi connectivity index (χ4n) is 3.95. The van der Waals surface area contributed by atoms with E-state index >= 15 is 0 Å². The van der Waals surface area contributed by atoms with Gasteiger partial charge in [0.15, 0.2) is 0 Å². The molecule has 0 aliphatic carbocycles. The zero-order valence-electron chi connectivity index (χ0n) is 17.2. The van der Waals surface area contributed by atoms with E-state index < -0.39 is 0 Å². The largest absolute Gasteiger partial charge is 0.369 e. The van der Waals surface area contributed by atoms with Crippen molar-refractivity contribution in [3.63, 3.8) is 0 Å². The van der Waals surface area contributed by atoms with Crippen LogP contribution >= 0.6 is 0 Å². The van der Waals surface area contributed by atoms with Crippen LogP contribution in [0.5, 0.6) is 0 Å². The van der Waals surface area contributed by atoms with Crippen LogP contribution in [0.25, 0.3) is 0 Å². The second-order valence-corrected chi connectivity index (χ2v) is 7.96. The van der Waals surface area contributed by atoms with Gasteiger partial charge in [-0.05, 0) is 44.2 Å². The van der Waals surface area contributed by atoms with E-state index in [0.29, 0.717) is 11.5 Å². The van der Waals surface area contributed by atoms with Crippen molar-refractivity contribution in [3.05, 3.63) is 42.4 Å². The topological polar surface area (TPSA) is 64.6 Å². The number of hydrogen-bond donors (Lipinski definition) is 1. The molecule has 7 nitrogen and oxygen atoms in total. The molecule has 29 heavy (non-hydrogen) atoms. The summed E-state index contributed by atoms with van der Waals surface area (Å²) in [6.45, 7) is 5.93. The lowest BCUT2D eigenvalue weighted by atomic mass is 10.2. The summed E-state index contributed by atoms with van der Waals surface area (Å²) in [5, 5.41) is 3.30. The van der Waals surface area contributed by atoms with Gasteiger partial charge >= 0.3 is 0 Å². The first kappa shape index (κ1) is 19.6. The number of carbonyl (C=O) groups excluding carboxylic acids is 1. The molecule has 2 saturated heterocycles. The normalized spacial score (nSPS) is 18.4. The van der Waals surface area contributed by atoms with Gasteiger partial charge in [0.25, 0.3) is 5.91 Å². The average molecular weight is 395 g/mol. The van der Waals surface area contributed by atoms with Crippen LogP contribution in [0.3, 0.4) is 0 Å². The SMILES string of the molecule is CN1CCN(c2ccc(Nc3cc(C(=O)N4CCCCCC4)ncn3)cc2)CC1. The molecule has 2 fully saturated rings. The second-order valence-electron chi connectivity index (χ2n) is 7.96. The van der Waals surface area contributed by atoms with E-state index in [1.54, 1.807) is 6.07 Å². The molecule has 154 valence electrons. The van der Waals surface area contributed by atoms with Crippen LogP contribution in [0.4, 0.5) is 17.2 Å². The van der Waals surface area contributed by atoms with Crippen LogP contribution in [0, 0.1) is 0 Å². The monoisotopic (exact) mass is 394 g/mol. The van der Waals surface area contributed by atoms with Gasteiger partial charge in [0.1, 0.15) is 17.8 Å². The molecule has 0 radical (unpaired) electrons. The molecule has 0 atom stereocenters. The van der Waals surface area contributed by atoms with Gasteiger partial charge in [0, 0.05) is 56.7 Å². The van der Waals surface area contributed by atoms with E-state index in [2.05, 4.69) is 56.4 Å². The van der Waals surface area contributed by atoms with Gasteiger partial charge in [-0.1, -0.05) is 12.8 Å². The molecule has 1 aromatic heterocycles. The van der Waals surface area contributed by atoms with E-state index in [-0.39, 0.29) is 5.91 Å². The molecular weight excluding hydrogens is 364 g/mol. The second kappa shape index (κ2) is 9.22. The lowest BCUT2D eigenvalue weighted by Gasteiger charge is -2.34. The van der Waals surface area contributed by atoms with Crippen LogP contribution in [0.2, 0.25) is 0 Å². The van der Waals surface area contributed by atoms with Crippen molar-refractivity contribution < 1.29 is 4.79 Å². The molecular formula is C22H30N6O. The number of amides is 1. The number of nitrogens with one attached hydrogen (secondary N) is 1. The summed E-state index contributed by atoms with van der Waals surface area (Å²) in [6, 6.07) is 10.1. The van der Waals surface area contributed by atoms with Crippen molar-refractivity contribution in [2.24, 2.45) is 0 Å². The van der Waals surface area contributed by atoms with Crippen molar-refractivity contribution in [3.8, 4) is 0 Å². The molecule has 1 aromatic carbocycles. The Balaban J connectivity index is 1.40. The molecule has 0 bridgehead atoms. The number of likely N-dealkylation sites (N-methyl/N-ethyl adjacent to an activating group) is 1. The summed E-state index contributed by atoms with van der Waals surface area (Å²) in [5.41, 5.74) is 2.65. The Morgan fingerprint density at radius 1 is 0.897 bits per heavy atom. The standard InChI is InChI=1S/C22H30N6O/c1-26-12-14-27(15-13-26)19-8-6-18(7-9-19)25-21-16-20(23-17-24-21)22(29)28-10-4-2-3-5-11-28/h6-9,16-17H,2-5,10-15H2,1H3,(H,23,24,25). The lowest BCUT2D eigenvalue weighted by molar-refractivity contribution is 0.0755. The van der Waals surface area contributed by atoms with E-state index in [4.69, 9.17) is 0 Å².